The summed E-state index contributed by atoms with van der Waals surface area (Å²) in [5.41, 5.74) is 3.36. The average molecular weight is 349 g/mol. The number of imidazole rings is 1. The van der Waals surface area contributed by atoms with Crippen molar-refractivity contribution in [3.8, 4) is 11.3 Å². The van der Waals surface area contributed by atoms with Crippen LogP contribution in [0.25, 0.3) is 16.9 Å². The van der Waals surface area contributed by atoms with Gasteiger partial charge in [-0.1, -0.05) is 12.8 Å². The van der Waals surface area contributed by atoms with Crippen molar-refractivity contribution < 1.29 is 4.79 Å². The van der Waals surface area contributed by atoms with Crippen LogP contribution in [0.2, 0.25) is 0 Å². The number of aryl methyl sites for hydroxylation is 1. The van der Waals surface area contributed by atoms with Crippen molar-refractivity contribution in [3.63, 3.8) is 0 Å². The zero-order chi connectivity index (χ0) is 18.3. The normalized spacial score (nSPS) is 14.6. The molecule has 0 aliphatic heterocycles. The van der Waals surface area contributed by atoms with E-state index in [9.17, 15) is 4.79 Å². The molecule has 0 saturated heterocycles. The summed E-state index contributed by atoms with van der Waals surface area (Å²) in [4.78, 5) is 26.0. The van der Waals surface area contributed by atoms with Gasteiger partial charge in [0, 0.05) is 29.2 Å². The van der Waals surface area contributed by atoms with Gasteiger partial charge in [-0.15, -0.1) is 0 Å². The highest BCUT2D eigenvalue weighted by Gasteiger charge is 2.32. The minimum absolute atomic E-state index is 0.173. The van der Waals surface area contributed by atoms with Gasteiger partial charge in [-0.25, -0.2) is 9.97 Å². The summed E-state index contributed by atoms with van der Waals surface area (Å²) >= 11 is 0. The number of pyridine rings is 1. The lowest BCUT2D eigenvalue weighted by Crippen LogP contribution is -2.44. The molecule has 1 saturated carbocycles. The highest BCUT2D eigenvalue weighted by atomic mass is 16.2. The zero-order valence-corrected chi connectivity index (χ0v) is 15.4. The number of carbonyl (C=O) groups excluding carboxylic acids is 1. The molecule has 3 aromatic rings. The van der Waals surface area contributed by atoms with Gasteiger partial charge in [-0.3, -0.25) is 14.2 Å². The topological polar surface area (TPSA) is 72.2 Å². The van der Waals surface area contributed by atoms with E-state index >= 15 is 0 Å². The molecule has 0 spiro atoms. The highest BCUT2D eigenvalue weighted by molar-refractivity contribution is 5.98. The second-order valence-corrected chi connectivity index (χ2v) is 7.80. The lowest BCUT2D eigenvalue weighted by molar-refractivity contribution is 0.0904. The van der Waals surface area contributed by atoms with Crippen molar-refractivity contribution in [2.75, 3.05) is 0 Å². The van der Waals surface area contributed by atoms with Crippen molar-refractivity contribution in [2.45, 2.75) is 45.6 Å². The van der Waals surface area contributed by atoms with E-state index in [1.54, 1.807) is 18.7 Å². The molecule has 6 nitrogen and oxygen atoms in total. The molecule has 3 heterocycles. The smallest absolute Gasteiger partial charge is 0.274 e. The van der Waals surface area contributed by atoms with Crippen LogP contribution in [0.3, 0.4) is 0 Å². The third-order valence-electron chi connectivity index (χ3n) is 4.81. The Kier molecular flexibility index (Phi) is 3.98. The summed E-state index contributed by atoms with van der Waals surface area (Å²) in [6.07, 6.45) is 8.69. The van der Waals surface area contributed by atoms with E-state index in [0.29, 0.717) is 11.3 Å². The summed E-state index contributed by atoms with van der Waals surface area (Å²) in [6, 6.07) is 5.81. The highest BCUT2D eigenvalue weighted by Crippen LogP contribution is 2.36. The summed E-state index contributed by atoms with van der Waals surface area (Å²) in [5, 5.41) is 3.13. The summed E-state index contributed by atoms with van der Waals surface area (Å²) < 4.78 is 1.85. The number of carbonyl (C=O) groups is 1. The quantitative estimate of drug-likeness (QED) is 0.766. The molecule has 26 heavy (non-hydrogen) atoms. The Morgan fingerprint density at radius 3 is 2.88 bits per heavy atom. The predicted molar refractivity (Wildman–Crippen MR) is 99.8 cm³/mol. The van der Waals surface area contributed by atoms with E-state index in [1.807, 2.05) is 29.5 Å². The van der Waals surface area contributed by atoms with E-state index in [4.69, 9.17) is 4.98 Å². The maximum absolute atomic E-state index is 12.9. The van der Waals surface area contributed by atoms with Crippen LogP contribution in [-0.2, 0) is 0 Å². The van der Waals surface area contributed by atoms with Crippen LogP contribution >= 0.6 is 0 Å². The predicted octanol–water partition coefficient (Wildman–Crippen LogP) is 3.41. The van der Waals surface area contributed by atoms with Crippen molar-refractivity contribution >= 4 is 11.6 Å². The number of hydrogen-bond acceptors (Lipinski definition) is 4. The molecule has 0 radical (unpaired) electrons. The van der Waals surface area contributed by atoms with Crippen LogP contribution in [0.5, 0.6) is 0 Å². The Labute approximate surface area is 152 Å². The molecular weight excluding hydrogens is 326 g/mol. The first-order valence-electron chi connectivity index (χ1n) is 9.00. The third-order valence-corrected chi connectivity index (χ3v) is 4.81. The number of aromatic nitrogens is 4. The Morgan fingerprint density at radius 2 is 2.19 bits per heavy atom. The molecule has 1 fully saturated rings. The molecular formula is C20H23N5O. The molecule has 1 aliphatic carbocycles. The Hall–Kier alpha value is -2.76. The van der Waals surface area contributed by atoms with Crippen LogP contribution in [0, 0.1) is 12.8 Å². The number of rotatable bonds is 5. The van der Waals surface area contributed by atoms with Gasteiger partial charge in [-0.2, -0.15) is 0 Å². The second kappa shape index (κ2) is 6.20. The van der Waals surface area contributed by atoms with Crippen molar-refractivity contribution in [1.82, 2.24) is 24.7 Å². The fraction of sp³-hybridized carbons (Fsp3) is 0.400. The van der Waals surface area contributed by atoms with E-state index in [-0.39, 0.29) is 11.4 Å². The number of nitrogens with one attached hydrogen (secondary N) is 1. The first kappa shape index (κ1) is 16.7. The molecule has 0 bridgehead atoms. The van der Waals surface area contributed by atoms with Crippen LogP contribution in [0.4, 0.5) is 0 Å². The van der Waals surface area contributed by atoms with Gasteiger partial charge in [-0.05, 0) is 51.3 Å². The minimum atomic E-state index is -0.246. The molecule has 1 N–H and O–H groups in total. The molecule has 1 amide bonds. The van der Waals surface area contributed by atoms with E-state index in [0.717, 1.165) is 29.3 Å². The van der Waals surface area contributed by atoms with Gasteiger partial charge in [0.25, 0.3) is 5.91 Å². The SMILES string of the molecule is Cc1cc(-c2cccnc2)nc2c(C(=O)NC(C)(C)CC3CC3)ncn12. The van der Waals surface area contributed by atoms with E-state index in [1.165, 1.54) is 12.8 Å². The monoisotopic (exact) mass is 349 g/mol. The van der Waals surface area contributed by atoms with E-state index < -0.39 is 0 Å². The molecule has 134 valence electrons. The molecule has 0 aromatic carbocycles. The van der Waals surface area contributed by atoms with Gasteiger partial charge < -0.3 is 5.32 Å². The minimum Gasteiger partial charge on any atom is -0.346 e. The fourth-order valence-electron chi connectivity index (χ4n) is 3.40. The Bertz CT molecular complexity index is 957. The summed E-state index contributed by atoms with van der Waals surface area (Å²) in [5.74, 6) is 0.565. The number of nitrogens with zero attached hydrogens (tertiary/aromatic N) is 4. The molecule has 0 atom stereocenters. The van der Waals surface area contributed by atoms with Crippen LogP contribution in [0.15, 0.2) is 36.9 Å². The number of amides is 1. The van der Waals surface area contributed by atoms with E-state index in [2.05, 4.69) is 29.1 Å². The van der Waals surface area contributed by atoms with Crippen molar-refractivity contribution in [1.29, 1.82) is 0 Å². The van der Waals surface area contributed by atoms with Crippen LogP contribution in [0.1, 0.15) is 49.3 Å². The molecule has 4 rings (SSSR count). The standard InChI is InChI=1S/C20H23N5O/c1-13-9-16(15-5-4-8-21-11-15)23-18-17(22-12-25(13)18)19(26)24-20(2,3)10-14-6-7-14/h4-5,8-9,11-12,14H,6-7,10H2,1-3H3,(H,24,26). The zero-order valence-electron chi connectivity index (χ0n) is 15.4. The van der Waals surface area contributed by atoms with Crippen LogP contribution in [-0.4, -0.2) is 30.8 Å². The second-order valence-electron chi connectivity index (χ2n) is 7.80. The summed E-state index contributed by atoms with van der Waals surface area (Å²) in [7, 11) is 0. The van der Waals surface area contributed by atoms with Gasteiger partial charge in [0.2, 0.25) is 0 Å². The maximum atomic E-state index is 12.9. The van der Waals surface area contributed by atoms with Crippen molar-refractivity contribution in [3.05, 3.63) is 48.3 Å². The molecule has 0 unspecified atom stereocenters. The van der Waals surface area contributed by atoms with Gasteiger partial charge >= 0.3 is 0 Å². The average Bonchev–Trinajstić information content (AvgIpc) is 3.28. The number of fused-ring (bicyclic) bond motifs is 1. The fourth-order valence-corrected chi connectivity index (χ4v) is 3.40. The largest absolute Gasteiger partial charge is 0.346 e. The van der Waals surface area contributed by atoms with Gasteiger partial charge in [0.1, 0.15) is 6.33 Å². The van der Waals surface area contributed by atoms with Gasteiger partial charge in [0.05, 0.1) is 5.69 Å². The Morgan fingerprint density at radius 1 is 1.38 bits per heavy atom. The number of hydrogen-bond donors (Lipinski definition) is 1. The Balaban J connectivity index is 1.69. The lowest BCUT2D eigenvalue weighted by atomic mass is 9.97. The van der Waals surface area contributed by atoms with Crippen LogP contribution < -0.4 is 5.32 Å². The summed E-state index contributed by atoms with van der Waals surface area (Å²) in [6.45, 7) is 6.12. The third kappa shape index (κ3) is 3.31. The lowest BCUT2D eigenvalue weighted by Gasteiger charge is -2.25. The van der Waals surface area contributed by atoms with Gasteiger partial charge in [0.15, 0.2) is 11.3 Å². The first-order valence-corrected chi connectivity index (χ1v) is 9.00. The first-order chi connectivity index (χ1) is 12.4. The maximum Gasteiger partial charge on any atom is 0.274 e. The van der Waals surface area contributed by atoms with Crippen molar-refractivity contribution in [2.24, 2.45) is 5.92 Å². The molecule has 1 aliphatic rings. The molecule has 6 heteroatoms. The molecule has 3 aromatic heterocycles.